The lowest BCUT2D eigenvalue weighted by atomic mass is 10.1. The molecule has 142 valence electrons. The quantitative estimate of drug-likeness (QED) is 0.610. The van der Waals surface area contributed by atoms with Crippen molar-refractivity contribution in [3.05, 3.63) is 95.0 Å². The molecule has 0 saturated heterocycles. The maximum atomic E-state index is 6.36. The van der Waals surface area contributed by atoms with Crippen molar-refractivity contribution in [3.63, 3.8) is 0 Å². The van der Waals surface area contributed by atoms with Crippen LogP contribution in [0.3, 0.4) is 0 Å². The number of ether oxygens (including phenoxy) is 1. The van der Waals surface area contributed by atoms with E-state index < -0.39 is 0 Å². The first kappa shape index (κ1) is 18.5. The molecule has 0 saturated carbocycles. The van der Waals surface area contributed by atoms with Crippen molar-refractivity contribution in [2.45, 2.75) is 6.54 Å². The van der Waals surface area contributed by atoms with Gasteiger partial charge in [0.2, 0.25) is 0 Å². The van der Waals surface area contributed by atoms with Crippen molar-refractivity contribution >= 4 is 23.1 Å². The molecule has 3 aromatic carbocycles. The molecule has 3 aromatic rings. The van der Waals surface area contributed by atoms with Gasteiger partial charge in [0.15, 0.2) is 0 Å². The molecule has 0 bridgehead atoms. The number of halogens is 1. The first-order valence-corrected chi connectivity index (χ1v) is 9.59. The largest absolute Gasteiger partial charge is 0.497 e. The van der Waals surface area contributed by atoms with Gasteiger partial charge in [-0.15, -0.1) is 0 Å². The van der Waals surface area contributed by atoms with Gasteiger partial charge in [0, 0.05) is 22.8 Å². The minimum atomic E-state index is 0.627. The molecule has 0 amide bonds. The summed E-state index contributed by atoms with van der Waals surface area (Å²) < 4.78 is 5.31. The highest BCUT2D eigenvalue weighted by atomic mass is 35.5. The molecule has 0 fully saturated rings. The van der Waals surface area contributed by atoms with Gasteiger partial charge in [-0.3, -0.25) is 9.89 Å². The molecule has 0 unspecified atom stereocenters. The molecule has 0 spiro atoms. The fourth-order valence-electron chi connectivity index (χ4n) is 3.33. The first-order chi connectivity index (χ1) is 13.7. The Morgan fingerprint density at radius 1 is 0.929 bits per heavy atom. The number of hydrogen-bond acceptors (Lipinski definition) is 4. The second kappa shape index (κ2) is 8.46. The zero-order chi connectivity index (χ0) is 19.3. The van der Waals surface area contributed by atoms with Crippen LogP contribution in [0.2, 0.25) is 5.02 Å². The van der Waals surface area contributed by atoms with Gasteiger partial charge in [-0.2, -0.15) is 0 Å². The number of hydrogen-bond donors (Lipinski definition) is 0. The summed E-state index contributed by atoms with van der Waals surface area (Å²) >= 11 is 6.36. The number of nitrogens with zero attached hydrogens (tertiary/aromatic N) is 3. The summed E-state index contributed by atoms with van der Waals surface area (Å²) in [5.41, 5.74) is 3.29. The average Bonchev–Trinajstić information content (AvgIpc) is 2.76. The van der Waals surface area contributed by atoms with E-state index in [1.54, 1.807) is 7.11 Å². The van der Waals surface area contributed by atoms with Gasteiger partial charge >= 0.3 is 0 Å². The fourth-order valence-corrected chi connectivity index (χ4v) is 3.53. The van der Waals surface area contributed by atoms with E-state index in [2.05, 4.69) is 40.1 Å². The molecule has 0 aromatic heterocycles. The highest BCUT2D eigenvalue weighted by Gasteiger charge is 2.23. The summed E-state index contributed by atoms with van der Waals surface area (Å²) in [6.07, 6.45) is 0. The topological polar surface area (TPSA) is 28.1 Å². The minimum Gasteiger partial charge on any atom is -0.497 e. The SMILES string of the molecule is COc1ccc(N2CN(Cc3ccccc3Cl)CN=C2c2ccccc2)cc1. The maximum Gasteiger partial charge on any atom is 0.137 e. The Balaban J connectivity index is 1.65. The van der Waals surface area contributed by atoms with E-state index in [0.29, 0.717) is 6.67 Å². The van der Waals surface area contributed by atoms with Gasteiger partial charge in [0.1, 0.15) is 11.6 Å². The normalized spacial score (nSPS) is 14.6. The Labute approximate surface area is 170 Å². The molecule has 5 heteroatoms. The summed E-state index contributed by atoms with van der Waals surface area (Å²) in [6.45, 7) is 2.10. The molecule has 0 aliphatic carbocycles. The minimum absolute atomic E-state index is 0.627. The zero-order valence-electron chi connectivity index (χ0n) is 15.8. The summed E-state index contributed by atoms with van der Waals surface area (Å²) in [5, 5.41) is 0.788. The van der Waals surface area contributed by atoms with Crippen LogP contribution < -0.4 is 9.64 Å². The summed E-state index contributed by atoms with van der Waals surface area (Å²) in [7, 11) is 1.68. The Kier molecular flexibility index (Phi) is 5.60. The highest BCUT2D eigenvalue weighted by molar-refractivity contribution is 6.31. The summed E-state index contributed by atoms with van der Waals surface area (Å²) in [5.74, 6) is 1.81. The highest BCUT2D eigenvalue weighted by Crippen LogP contribution is 2.25. The molecular weight excluding hydrogens is 370 g/mol. The van der Waals surface area contributed by atoms with E-state index in [9.17, 15) is 0 Å². The number of methoxy groups -OCH3 is 1. The van der Waals surface area contributed by atoms with Crippen molar-refractivity contribution in [2.24, 2.45) is 4.99 Å². The van der Waals surface area contributed by atoms with Gasteiger partial charge in [-0.05, 0) is 35.9 Å². The molecular formula is C23H22ClN3O. The number of benzene rings is 3. The number of rotatable bonds is 5. The fraction of sp³-hybridized carbons (Fsp3) is 0.174. The van der Waals surface area contributed by atoms with E-state index in [-0.39, 0.29) is 0 Å². The van der Waals surface area contributed by atoms with E-state index in [1.807, 2.05) is 48.5 Å². The number of amidine groups is 1. The predicted octanol–water partition coefficient (Wildman–Crippen LogP) is 5.03. The standard InChI is InChI=1S/C23H22ClN3O/c1-28-21-13-11-20(12-14-21)27-17-26(15-19-9-5-6-10-22(19)24)16-25-23(27)18-7-3-2-4-8-18/h2-14H,15-17H2,1H3. The summed E-state index contributed by atoms with van der Waals surface area (Å²) in [6, 6.07) is 26.4. The lowest BCUT2D eigenvalue weighted by molar-refractivity contribution is 0.273. The first-order valence-electron chi connectivity index (χ1n) is 9.22. The third-order valence-corrected chi connectivity index (χ3v) is 5.15. The molecule has 4 nitrogen and oxygen atoms in total. The van der Waals surface area contributed by atoms with E-state index in [0.717, 1.165) is 46.6 Å². The molecule has 1 aliphatic heterocycles. The van der Waals surface area contributed by atoms with E-state index >= 15 is 0 Å². The molecule has 4 rings (SSSR count). The Morgan fingerprint density at radius 2 is 1.64 bits per heavy atom. The van der Waals surface area contributed by atoms with E-state index in [4.69, 9.17) is 21.3 Å². The lowest BCUT2D eigenvalue weighted by Gasteiger charge is -2.36. The van der Waals surface area contributed by atoms with Gasteiger partial charge in [-0.25, -0.2) is 0 Å². The zero-order valence-corrected chi connectivity index (χ0v) is 16.5. The predicted molar refractivity (Wildman–Crippen MR) is 115 cm³/mol. The van der Waals surface area contributed by atoms with Gasteiger partial charge in [-0.1, -0.05) is 60.1 Å². The molecule has 0 atom stereocenters. The van der Waals surface area contributed by atoms with Crippen LogP contribution in [-0.2, 0) is 6.54 Å². The lowest BCUT2D eigenvalue weighted by Crippen LogP contribution is -2.46. The van der Waals surface area contributed by atoms with Crippen LogP contribution in [0.1, 0.15) is 11.1 Å². The molecule has 0 radical (unpaired) electrons. The molecule has 28 heavy (non-hydrogen) atoms. The van der Waals surface area contributed by atoms with Gasteiger partial charge in [0.05, 0.1) is 20.4 Å². The van der Waals surface area contributed by atoms with Crippen molar-refractivity contribution in [1.29, 1.82) is 0 Å². The van der Waals surface area contributed by atoms with E-state index in [1.165, 1.54) is 0 Å². The maximum absolute atomic E-state index is 6.36. The third-order valence-electron chi connectivity index (χ3n) is 4.79. The third kappa shape index (κ3) is 4.03. The molecule has 0 N–H and O–H groups in total. The van der Waals surface area contributed by atoms with Crippen LogP contribution >= 0.6 is 11.6 Å². The number of anilines is 1. The van der Waals surface area contributed by atoms with Crippen LogP contribution in [0.25, 0.3) is 0 Å². The second-order valence-electron chi connectivity index (χ2n) is 6.68. The molecule has 1 aliphatic rings. The summed E-state index contributed by atoms with van der Waals surface area (Å²) in [4.78, 5) is 9.41. The van der Waals surface area contributed by atoms with Crippen LogP contribution in [0.5, 0.6) is 5.75 Å². The van der Waals surface area contributed by atoms with Crippen molar-refractivity contribution < 1.29 is 4.74 Å². The number of aliphatic imine (C=N–C) groups is 1. The Hall–Kier alpha value is -2.82. The van der Waals surface area contributed by atoms with Crippen LogP contribution in [0, 0.1) is 0 Å². The van der Waals surface area contributed by atoms with Crippen LogP contribution in [0.15, 0.2) is 83.9 Å². The van der Waals surface area contributed by atoms with Gasteiger partial charge in [0.25, 0.3) is 0 Å². The Bertz CT molecular complexity index is 957. The average molecular weight is 392 g/mol. The van der Waals surface area contributed by atoms with Crippen molar-refractivity contribution in [3.8, 4) is 5.75 Å². The van der Waals surface area contributed by atoms with Crippen LogP contribution in [-0.4, -0.2) is 31.2 Å². The Morgan fingerprint density at radius 3 is 2.36 bits per heavy atom. The second-order valence-corrected chi connectivity index (χ2v) is 7.08. The smallest absolute Gasteiger partial charge is 0.137 e. The van der Waals surface area contributed by atoms with Crippen LogP contribution in [0.4, 0.5) is 5.69 Å². The van der Waals surface area contributed by atoms with Crippen molar-refractivity contribution in [2.75, 3.05) is 25.3 Å². The monoisotopic (exact) mass is 391 g/mol. The molecule has 1 heterocycles. The van der Waals surface area contributed by atoms with Crippen molar-refractivity contribution in [1.82, 2.24) is 4.90 Å². The van der Waals surface area contributed by atoms with Gasteiger partial charge < -0.3 is 9.64 Å².